The minimum absolute atomic E-state index is 0.186. The van der Waals surface area contributed by atoms with Crippen molar-refractivity contribution in [2.45, 2.75) is 6.92 Å². The van der Waals surface area contributed by atoms with Crippen LogP contribution in [-0.2, 0) is 0 Å². The van der Waals surface area contributed by atoms with Crippen LogP contribution in [0, 0.1) is 0 Å². The molecule has 5 rings (SSSR count). The second-order valence-corrected chi connectivity index (χ2v) is 8.62. The minimum Gasteiger partial charge on any atom is -0.497 e. The zero-order chi connectivity index (χ0) is 27.2. The molecule has 6 heteroatoms. The van der Waals surface area contributed by atoms with Gasteiger partial charge in [-0.3, -0.25) is 4.79 Å². The van der Waals surface area contributed by atoms with Gasteiger partial charge >= 0.3 is 5.97 Å². The Labute approximate surface area is 226 Å². The number of fused-ring (bicyclic) bond motifs is 1. The summed E-state index contributed by atoms with van der Waals surface area (Å²) in [5.41, 5.74) is 2.69. The Bertz CT molecular complexity index is 1650. The van der Waals surface area contributed by atoms with Crippen LogP contribution in [0.15, 0.2) is 108 Å². The molecule has 5 aromatic rings. The number of benzene rings is 4. The maximum atomic E-state index is 13.7. The van der Waals surface area contributed by atoms with Gasteiger partial charge in [0.15, 0.2) is 5.78 Å². The normalized spacial score (nSPS) is 11.0. The Balaban J connectivity index is 1.48. The van der Waals surface area contributed by atoms with E-state index in [1.165, 1.54) is 6.08 Å². The first-order chi connectivity index (χ1) is 19.1. The highest BCUT2D eigenvalue weighted by molar-refractivity contribution is 6.10. The summed E-state index contributed by atoms with van der Waals surface area (Å²) in [5.74, 6) is 1.25. The van der Waals surface area contributed by atoms with Gasteiger partial charge in [0.1, 0.15) is 34.2 Å². The van der Waals surface area contributed by atoms with Gasteiger partial charge in [0, 0.05) is 22.1 Å². The quantitative estimate of drug-likeness (QED) is 0.0865. The predicted molar refractivity (Wildman–Crippen MR) is 151 cm³/mol. The molecule has 0 saturated carbocycles. The number of furan rings is 1. The van der Waals surface area contributed by atoms with Crippen molar-refractivity contribution in [1.82, 2.24) is 0 Å². The van der Waals surface area contributed by atoms with Crippen LogP contribution < -0.4 is 14.2 Å². The topological polar surface area (TPSA) is 75.0 Å². The molecule has 0 aliphatic rings. The van der Waals surface area contributed by atoms with Crippen LogP contribution >= 0.6 is 0 Å². The van der Waals surface area contributed by atoms with E-state index < -0.39 is 5.97 Å². The van der Waals surface area contributed by atoms with Gasteiger partial charge in [-0.25, -0.2) is 4.79 Å². The van der Waals surface area contributed by atoms with Gasteiger partial charge < -0.3 is 18.6 Å². The average molecular weight is 519 g/mol. The van der Waals surface area contributed by atoms with Crippen molar-refractivity contribution in [3.63, 3.8) is 0 Å². The molecule has 0 spiro atoms. The minimum atomic E-state index is -0.580. The van der Waals surface area contributed by atoms with Crippen LogP contribution in [0.3, 0.4) is 0 Å². The third-order valence-corrected chi connectivity index (χ3v) is 6.12. The van der Waals surface area contributed by atoms with Gasteiger partial charge in [0.2, 0.25) is 0 Å². The van der Waals surface area contributed by atoms with Gasteiger partial charge in [-0.2, -0.15) is 0 Å². The second kappa shape index (κ2) is 11.5. The zero-order valence-electron chi connectivity index (χ0n) is 21.5. The fraction of sp³-hybridized carbons (Fsp3) is 0.0909. The van der Waals surface area contributed by atoms with E-state index in [2.05, 4.69) is 0 Å². The first-order valence-electron chi connectivity index (χ1n) is 12.5. The standard InChI is InChI=1S/C33H26O6/c1-3-37-26-18-20-30-27(21-26)31(32(38-30)24-10-5-4-6-11-24)33(35)39-29-12-8-7-9-23(29)15-19-28(34)22-13-16-25(36-2)17-14-22/h4-21H,3H2,1-2H3/b19-15+. The van der Waals surface area contributed by atoms with E-state index >= 15 is 0 Å². The molecular weight excluding hydrogens is 492 g/mol. The molecule has 0 saturated heterocycles. The summed E-state index contributed by atoms with van der Waals surface area (Å²) >= 11 is 0. The van der Waals surface area contributed by atoms with E-state index in [1.807, 2.05) is 43.3 Å². The highest BCUT2D eigenvalue weighted by Crippen LogP contribution is 2.36. The molecule has 194 valence electrons. The number of methoxy groups -OCH3 is 1. The van der Waals surface area contributed by atoms with Crippen LogP contribution in [0.5, 0.6) is 17.2 Å². The lowest BCUT2D eigenvalue weighted by atomic mass is 10.1. The molecule has 0 bridgehead atoms. The van der Waals surface area contributed by atoms with E-state index in [1.54, 1.807) is 73.8 Å². The fourth-order valence-corrected chi connectivity index (χ4v) is 4.21. The lowest BCUT2D eigenvalue weighted by molar-refractivity contribution is 0.0736. The Kier molecular flexibility index (Phi) is 7.55. The summed E-state index contributed by atoms with van der Waals surface area (Å²) < 4.78 is 22.9. The third kappa shape index (κ3) is 5.60. The van der Waals surface area contributed by atoms with Crippen molar-refractivity contribution in [3.05, 3.63) is 120 Å². The fourth-order valence-electron chi connectivity index (χ4n) is 4.21. The molecule has 0 radical (unpaired) electrons. The Hall–Kier alpha value is -5.10. The lowest BCUT2D eigenvalue weighted by Crippen LogP contribution is -2.10. The third-order valence-electron chi connectivity index (χ3n) is 6.12. The lowest BCUT2D eigenvalue weighted by Gasteiger charge is -2.09. The van der Waals surface area contributed by atoms with Gasteiger partial charge in [-0.1, -0.05) is 48.5 Å². The highest BCUT2D eigenvalue weighted by atomic mass is 16.5. The number of ether oxygens (including phenoxy) is 3. The molecule has 0 aliphatic carbocycles. The second-order valence-electron chi connectivity index (χ2n) is 8.62. The Morgan fingerprint density at radius 1 is 0.846 bits per heavy atom. The number of para-hydroxylation sites is 1. The van der Waals surface area contributed by atoms with Crippen molar-refractivity contribution in [2.75, 3.05) is 13.7 Å². The number of ketones is 1. The zero-order valence-corrected chi connectivity index (χ0v) is 21.5. The van der Waals surface area contributed by atoms with Crippen molar-refractivity contribution in [1.29, 1.82) is 0 Å². The molecule has 0 atom stereocenters. The molecule has 39 heavy (non-hydrogen) atoms. The molecule has 0 fully saturated rings. The number of allylic oxidation sites excluding steroid dienone is 1. The van der Waals surface area contributed by atoms with Crippen molar-refractivity contribution >= 4 is 28.8 Å². The van der Waals surface area contributed by atoms with Gasteiger partial charge in [-0.05, 0) is 67.6 Å². The maximum absolute atomic E-state index is 13.7. The van der Waals surface area contributed by atoms with Gasteiger partial charge in [-0.15, -0.1) is 0 Å². The van der Waals surface area contributed by atoms with E-state index in [-0.39, 0.29) is 5.78 Å². The molecule has 0 amide bonds. The number of rotatable bonds is 9. The molecule has 1 aromatic heterocycles. The van der Waals surface area contributed by atoms with Crippen LogP contribution in [-0.4, -0.2) is 25.5 Å². The summed E-state index contributed by atoms with van der Waals surface area (Å²) in [6.45, 7) is 2.39. The van der Waals surface area contributed by atoms with E-state index in [9.17, 15) is 9.59 Å². The highest BCUT2D eigenvalue weighted by Gasteiger charge is 2.25. The van der Waals surface area contributed by atoms with E-state index in [4.69, 9.17) is 18.6 Å². The van der Waals surface area contributed by atoms with E-state index in [0.29, 0.717) is 57.3 Å². The summed E-state index contributed by atoms with van der Waals surface area (Å²) in [5, 5.41) is 0.590. The van der Waals surface area contributed by atoms with Crippen LogP contribution in [0.2, 0.25) is 0 Å². The number of esters is 1. The predicted octanol–water partition coefficient (Wildman–Crippen LogP) is 7.62. The largest absolute Gasteiger partial charge is 0.497 e. The molecular formula is C33H26O6. The van der Waals surface area contributed by atoms with Crippen molar-refractivity contribution in [2.24, 2.45) is 0 Å². The monoisotopic (exact) mass is 518 g/mol. The summed E-state index contributed by atoms with van der Waals surface area (Å²) in [6, 6.07) is 28.7. The summed E-state index contributed by atoms with van der Waals surface area (Å²) in [7, 11) is 1.57. The molecule has 1 heterocycles. The molecule has 4 aromatic carbocycles. The average Bonchev–Trinajstić information content (AvgIpc) is 3.36. The van der Waals surface area contributed by atoms with Crippen LogP contribution in [0.25, 0.3) is 28.4 Å². The molecule has 6 nitrogen and oxygen atoms in total. The first-order valence-corrected chi connectivity index (χ1v) is 12.5. The summed E-state index contributed by atoms with van der Waals surface area (Å²) in [6.07, 6.45) is 3.08. The maximum Gasteiger partial charge on any atom is 0.348 e. The van der Waals surface area contributed by atoms with Crippen LogP contribution in [0.1, 0.15) is 33.2 Å². The number of carbonyl (C=O) groups excluding carboxylic acids is 2. The SMILES string of the molecule is CCOc1ccc2oc(-c3ccccc3)c(C(=O)Oc3ccccc3/C=C/C(=O)c3ccc(OC)cc3)c2c1. The van der Waals surface area contributed by atoms with Gasteiger partial charge in [0.05, 0.1) is 13.7 Å². The number of carbonyl (C=O) groups is 2. The smallest absolute Gasteiger partial charge is 0.348 e. The van der Waals surface area contributed by atoms with Crippen LogP contribution in [0.4, 0.5) is 0 Å². The first kappa shape index (κ1) is 25.5. The Morgan fingerprint density at radius 3 is 2.31 bits per heavy atom. The molecule has 0 N–H and O–H groups in total. The number of hydrogen-bond donors (Lipinski definition) is 0. The number of hydrogen-bond acceptors (Lipinski definition) is 6. The van der Waals surface area contributed by atoms with E-state index in [0.717, 1.165) is 5.56 Å². The van der Waals surface area contributed by atoms with Crippen molar-refractivity contribution < 1.29 is 28.2 Å². The summed E-state index contributed by atoms with van der Waals surface area (Å²) in [4.78, 5) is 26.4. The molecule has 0 unspecified atom stereocenters. The molecule has 0 aliphatic heterocycles. The van der Waals surface area contributed by atoms with Crippen molar-refractivity contribution in [3.8, 4) is 28.6 Å². The Morgan fingerprint density at radius 2 is 1.56 bits per heavy atom. The van der Waals surface area contributed by atoms with Gasteiger partial charge in [0.25, 0.3) is 0 Å².